The van der Waals surface area contributed by atoms with Gasteiger partial charge in [-0.3, -0.25) is 4.79 Å². The zero-order valence-electron chi connectivity index (χ0n) is 14.2. The Morgan fingerprint density at radius 1 is 1.25 bits per heavy atom. The highest BCUT2D eigenvalue weighted by molar-refractivity contribution is 5.85. The van der Waals surface area contributed by atoms with E-state index in [9.17, 15) is 4.79 Å². The van der Waals surface area contributed by atoms with Crippen LogP contribution in [0.1, 0.15) is 24.9 Å². The molecule has 0 saturated heterocycles. The molecule has 1 heterocycles. The molecule has 24 heavy (non-hydrogen) atoms. The van der Waals surface area contributed by atoms with E-state index in [1.807, 2.05) is 51.2 Å². The Morgan fingerprint density at radius 2 is 1.92 bits per heavy atom. The number of aryl methyl sites for hydroxylation is 2. The number of carbonyl (C=O) groups excluding carboxylic acids is 1. The minimum absolute atomic E-state index is 0. The number of rotatable bonds is 7. The number of nitrogens with one attached hydrogen (secondary N) is 2. The fourth-order valence-corrected chi connectivity index (χ4v) is 2.09. The summed E-state index contributed by atoms with van der Waals surface area (Å²) in [7, 11) is 1.87. The Bertz CT molecular complexity index is 618. The molecule has 0 bridgehead atoms. The quantitative estimate of drug-likeness (QED) is 0.781. The summed E-state index contributed by atoms with van der Waals surface area (Å²) in [5.74, 6) is 1.40. The van der Waals surface area contributed by atoms with Crippen LogP contribution in [0.2, 0.25) is 0 Å². The van der Waals surface area contributed by atoms with Crippen molar-refractivity contribution in [3.63, 3.8) is 0 Å². The van der Waals surface area contributed by atoms with Crippen molar-refractivity contribution in [1.29, 1.82) is 0 Å². The number of aromatic nitrogens is 1. The van der Waals surface area contributed by atoms with Crippen molar-refractivity contribution < 1.29 is 9.21 Å². The van der Waals surface area contributed by atoms with Gasteiger partial charge in [0.25, 0.3) is 0 Å². The predicted octanol–water partition coefficient (Wildman–Crippen LogP) is 3.15. The van der Waals surface area contributed by atoms with Gasteiger partial charge in [-0.2, -0.15) is 0 Å². The summed E-state index contributed by atoms with van der Waals surface area (Å²) in [5.41, 5.74) is 1.86. The van der Waals surface area contributed by atoms with Gasteiger partial charge in [0, 0.05) is 31.0 Å². The minimum atomic E-state index is 0. The largest absolute Gasteiger partial charge is 0.440 e. The first-order chi connectivity index (χ1) is 10.6. The van der Waals surface area contributed by atoms with Gasteiger partial charge in [0.2, 0.25) is 5.91 Å². The van der Waals surface area contributed by atoms with Gasteiger partial charge in [-0.25, -0.2) is 4.98 Å². The first-order valence-corrected chi connectivity index (χ1v) is 7.56. The van der Waals surface area contributed by atoms with E-state index in [1.54, 1.807) is 0 Å². The lowest BCUT2D eigenvalue weighted by Gasteiger charge is -2.10. The standard InChI is InChI=1S/C17H23N3O2.2ClH/c1-12(18-3)11-19-15(21)9-10-16-20-13(2)17(22-16)14-7-5-4-6-8-14;;/h4-8,12,18H,9-11H2,1-3H3,(H,19,21);2*1H. The fourth-order valence-electron chi connectivity index (χ4n) is 2.09. The molecule has 0 aliphatic carbocycles. The molecule has 0 aliphatic heterocycles. The molecular formula is C17H25Cl2N3O2. The summed E-state index contributed by atoms with van der Waals surface area (Å²) < 4.78 is 5.79. The van der Waals surface area contributed by atoms with Crippen molar-refractivity contribution in [2.75, 3.05) is 13.6 Å². The van der Waals surface area contributed by atoms with Gasteiger partial charge in [-0.05, 0) is 20.9 Å². The number of carbonyl (C=O) groups is 1. The molecule has 0 spiro atoms. The van der Waals surface area contributed by atoms with Crippen LogP contribution >= 0.6 is 24.8 Å². The highest BCUT2D eigenvalue weighted by atomic mass is 35.5. The summed E-state index contributed by atoms with van der Waals surface area (Å²) in [5, 5.41) is 5.96. The molecule has 0 saturated carbocycles. The van der Waals surface area contributed by atoms with E-state index in [0.29, 0.717) is 25.3 Å². The molecule has 1 unspecified atom stereocenters. The van der Waals surface area contributed by atoms with Crippen LogP contribution in [0.15, 0.2) is 34.7 Å². The number of amides is 1. The van der Waals surface area contributed by atoms with E-state index in [1.165, 1.54) is 0 Å². The first-order valence-electron chi connectivity index (χ1n) is 7.56. The van der Waals surface area contributed by atoms with Gasteiger partial charge in [0.05, 0.1) is 5.69 Å². The number of nitrogens with zero attached hydrogens (tertiary/aromatic N) is 1. The lowest BCUT2D eigenvalue weighted by molar-refractivity contribution is -0.121. The second kappa shape index (κ2) is 11.1. The van der Waals surface area contributed by atoms with E-state index in [4.69, 9.17) is 4.42 Å². The molecule has 1 atom stereocenters. The molecule has 1 aromatic heterocycles. The van der Waals surface area contributed by atoms with Crippen LogP contribution in [-0.2, 0) is 11.2 Å². The molecule has 1 aromatic carbocycles. The van der Waals surface area contributed by atoms with Crippen LogP contribution < -0.4 is 10.6 Å². The van der Waals surface area contributed by atoms with Gasteiger partial charge in [0.15, 0.2) is 11.7 Å². The topological polar surface area (TPSA) is 67.2 Å². The summed E-state index contributed by atoms with van der Waals surface area (Å²) in [6, 6.07) is 10.1. The Morgan fingerprint density at radius 3 is 2.54 bits per heavy atom. The van der Waals surface area contributed by atoms with Gasteiger partial charge in [-0.15, -0.1) is 24.8 Å². The second-order valence-electron chi connectivity index (χ2n) is 5.38. The van der Waals surface area contributed by atoms with Crippen molar-refractivity contribution in [2.24, 2.45) is 0 Å². The van der Waals surface area contributed by atoms with Crippen LogP contribution in [0.5, 0.6) is 0 Å². The third-order valence-electron chi connectivity index (χ3n) is 3.54. The third-order valence-corrected chi connectivity index (χ3v) is 3.54. The highest BCUT2D eigenvalue weighted by Crippen LogP contribution is 2.24. The van der Waals surface area contributed by atoms with Crippen LogP contribution in [0.25, 0.3) is 11.3 Å². The van der Waals surface area contributed by atoms with E-state index >= 15 is 0 Å². The number of hydrogen-bond acceptors (Lipinski definition) is 4. The molecule has 7 heteroatoms. The number of benzene rings is 1. The first kappa shape index (κ1) is 22.4. The highest BCUT2D eigenvalue weighted by Gasteiger charge is 2.13. The van der Waals surface area contributed by atoms with Gasteiger partial charge < -0.3 is 15.1 Å². The molecule has 2 rings (SSSR count). The lowest BCUT2D eigenvalue weighted by Crippen LogP contribution is -2.37. The molecule has 0 aliphatic rings. The van der Waals surface area contributed by atoms with Crippen LogP contribution in [0.3, 0.4) is 0 Å². The maximum atomic E-state index is 11.8. The van der Waals surface area contributed by atoms with E-state index in [2.05, 4.69) is 15.6 Å². The van der Waals surface area contributed by atoms with E-state index in [-0.39, 0.29) is 36.8 Å². The molecule has 5 nitrogen and oxygen atoms in total. The Hall–Kier alpha value is -1.56. The van der Waals surface area contributed by atoms with E-state index < -0.39 is 0 Å². The van der Waals surface area contributed by atoms with Crippen molar-refractivity contribution >= 4 is 30.7 Å². The lowest BCUT2D eigenvalue weighted by atomic mass is 10.1. The Kier molecular flexibility index (Phi) is 10.4. The molecule has 2 N–H and O–H groups in total. The number of likely N-dealkylation sites (N-methyl/N-ethyl adjacent to an activating group) is 1. The summed E-state index contributed by atoms with van der Waals surface area (Å²) in [4.78, 5) is 16.2. The van der Waals surface area contributed by atoms with Crippen LogP contribution in [0, 0.1) is 6.92 Å². The Labute approximate surface area is 155 Å². The SMILES string of the molecule is CNC(C)CNC(=O)CCc1nc(C)c(-c2ccccc2)o1.Cl.Cl. The third kappa shape index (κ3) is 6.51. The summed E-state index contributed by atoms with van der Waals surface area (Å²) in [6.45, 7) is 4.56. The van der Waals surface area contributed by atoms with Crippen molar-refractivity contribution in [2.45, 2.75) is 32.7 Å². The normalized spacial score (nSPS) is 11.1. The minimum Gasteiger partial charge on any atom is -0.440 e. The molecule has 134 valence electrons. The molecular weight excluding hydrogens is 349 g/mol. The predicted molar refractivity (Wildman–Crippen MR) is 101 cm³/mol. The molecule has 2 aromatic rings. The van der Waals surface area contributed by atoms with E-state index in [0.717, 1.165) is 17.0 Å². The summed E-state index contributed by atoms with van der Waals surface area (Å²) in [6.07, 6.45) is 0.887. The molecule has 1 amide bonds. The average Bonchev–Trinajstić information content (AvgIpc) is 2.92. The Balaban J connectivity index is 0.00000264. The van der Waals surface area contributed by atoms with Crippen molar-refractivity contribution in [1.82, 2.24) is 15.6 Å². The fraction of sp³-hybridized carbons (Fsp3) is 0.412. The van der Waals surface area contributed by atoms with Crippen LogP contribution in [-0.4, -0.2) is 30.5 Å². The monoisotopic (exact) mass is 373 g/mol. The number of hydrogen-bond donors (Lipinski definition) is 2. The molecule has 0 fully saturated rings. The maximum Gasteiger partial charge on any atom is 0.220 e. The maximum absolute atomic E-state index is 11.8. The zero-order chi connectivity index (χ0) is 15.9. The average molecular weight is 374 g/mol. The zero-order valence-corrected chi connectivity index (χ0v) is 15.8. The van der Waals surface area contributed by atoms with Crippen molar-refractivity contribution in [3.05, 3.63) is 41.9 Å². The second-order valence-corrected chi connectivity index (χ2v) is 5.38. The van der Waals surface area contributed by atoms with Crippen molar-refractivity contribution in [3.8, 4) is 11.3 Å². The number of halogens is 2. The number of oxazole rings is 1. The summed E-state index contributed by atoms with van der Waals surface area (Å²) >= 11 is 0. The van der Waals surface area contributed by atoms with Gasteiger partial charge >= 0.3 is 0 Å². The smallest absolute Gasteiger partial charge is 0.220 e. The van der Waals surface area contributed by atoms with Crippen LogP contribution in [0.4, 0.5) is 0 Å². The van der Waals surface area contributed by atoms with Gasteiger partial charge in [0.1, 0.15) is 0 Å². The molecule has 0 radical (unpaired) electrons. The van der Waals surface area contributed by atoms with Gasteiger partial charge in [-0.1, -0.05) is 30.3 Å².